The second-order valence-electron chi connectivity index (χ2n) is 5.11. The van der Waals surface area contributed by atoms with Crippen molar-refractivity contribution < 1.29 is 37.0 Å². The lowest BCUT2D eigenvalue weighted by Crippen LogP contribution is -2.32. The minimum Gasteiger partial charge on any atom is -0.468 e. The number of methoxy groups -OCH3 is 2. The van der Waals surface area contributed by atoms with Gasteiger partial charge in [0, 0.05) is 5.92 Å². The van der Waals surface area contributed by atoms with Crippen molar-refractivity contribution in [3.05, 3.63) is 35.4 Å². The molecule has 0 N–H and O–H groups in total. The molecule has 0 heterocycles. The third kappa shape index (κ3) is 2.47. The van der Waals surface area contributed by atoms with E-state index in [1.165, 1.54) is 0 Å². The van der Waals surface area contributed by atoms with Gasteiger partial charge in [-0.3, -0.25) is 9.59 Å². The number of aldehydes is 1. The molecule has 0 unspecified atom stereocenters. The van der Waals surface area contributed by atoms with Crippen molar-refractivity contribution in [1.82, 2.24) is 0 Å². The molecule has 1 aliphatic rings. The fourth-order valence-electron chi connectivity index (χ4n) is 2.90. The quantitative estimate of drug-likeness (QED) is 0.479. The summed E-state index contributed by atoms with van der Waals surface area (Å²) in [7, 11) is 2.11. The second kappa shape index (κ2) is 5.68. The minimum absolute atomic E-state index is 0.255. The molecule has 0 aliphatic heterocycles. The van der Waals surface area contributed by atoms with E-state index in [1.807, 2.05) is 0 Å². The number of carbonyl (C=O) groups is 3. The molecule has 1 aromatic carbocycles. The Balaban J connectivity index is 2.44. The molecule has 1 aromatic rings. The summed E-state index contributed by atoms with van der Waals surface area (Å²) in [6, 6.07) is 3.93. The fourth-order valence-corrected chi connectivity index (χ4v) is 2.90. The van der Waals surface area contributed by atoms with Crippen LogP contribution in [0.15, 0.2) is 24.3 Å². The number of alkyl halides is 3. The number of esters is 2. The maximum absolute atomic E-state index is 12.6. The molecule has 0 radical (unpaired) electrons. The Morgan fingerprint density at radius 1 is 1.09 bits per heavy atom. The summed E-state index contributed by atoms with van der Waals surface area (Å²) in [5.74, 6) is -3.86. The maximum Gasteiger partial charge on any atom is 0.416 e. The first-order valence-corrected chi connectivity index (χ1v) is 6.54. The van der Waals surface area contributed by atoms with Gasteiger partial charge in [-0.05, 0) is 17.7 Å². The normalized spacial score (nSPS) is 22.1. The molecule has 8 heteroatoms. The van der Waals surface area contributed by atoms with E-state index in [4.69, 9.17) is 0 Å². The maximum atomic E-state index is 12.6. The lowest BCUT2D eigenvalue weighted by atomic mass is 9.98. The zero-order valence-electron chi connectivity index (χ0n) is 12.2. The molecule has 1 fully saturated rings. The van der Waals surface area contributed by atoms with Crippen LogP contribution >= 0.6 is 0 Å². The predicted octanol–water partition coefficient (Wildman–Crippen LogP) is 1.95. The summed E-state index contributed by atoms with van der Waals surface area (Å²) in [5, 5.41) is 0. The van der Waals surface area contributed by atoms with Gasteiger partial charge in [0.05, 0.1) is 25.7 Å². The summed E-state index contributed by atoms with van der Waals surface area (Å²) in [6.07, 6.45) is -4.09. The van der Waals surface area contributed by atoms with Crippen LogP contribution in [-0.4, -0.2) is 32.4 Å². The van der Waals surface area contributed by atoms with Crippen LogP contribution < -0.4 is 0 Å². The molecule has 23 heavy (non-hydrogen) atoms. The van der Waals surface area contributed by atoms with Crippen LogP contribution in [0, 0.1) is 11.3 Å². The Morgan fingerprint density at radius 2 is 1.57 bits per heavy atom. The standard InChI is InChI=1S/C15H13F3O5/c1-22-12(20)14(13(21)23-2)10(7-19)11(14)8-3-5-9(6-4-8)15(16,17)18/h3-7,10-11H,1-2H3/t10-,11-/m1/s1. The van der Waals surface area contributed by atoms with Gasteiger partial charge in [0.1, 0.15) is 6.29 Å². The van der Waals surface area contributed by atoms with E-state index < -0.39 is 40.9 Å². The van der Waals surface area contributed by atoms with E-state index in [-0.39, 0.29) is 5.56 Å². The van der Waals surface area contributed by atoms with Crippen molar-refractivity contribution in [2.45, 2.75) is 12.1 Å². The number of benzene rings is 1. The van der Waals surface area contributed by atoms with Gasteiger partial charge in [-0.2, -0.15) is 13.2 Å². The van der Waals surface area contributed by atoms with Gasteiger partial charge in [0.15, 0.2) is 5.41 Å². The van der Waals surface area contributed by atoms with Crippen molar-refractivity contribution in [1.29, 1.82) is 0 Å². The molecule has 124 valence electrons. The number of hydrogen-bond donors (Lipinski definition) is 0. The molecule has 0 spiro atoms. The third-order valence-corrected chi connectivity index (χ3v) is 4.06. The minimum atomic E-state index is -4.51. The van der Waals surface area contributed by atoms with Crippen molar-refractivity contribution in [3.63, 3.8) is 0 Å². The van der Waals surface area contributed by atoms with Gasteiger partial charge in [-0.1, -0.05) is 12.1 Å². The van der Waals surface area contributed by atoms with Crippen molar-refractivity contribution in [2.24, 2.45) is 11.3 Å². The summed E-state index contributed by atoms with van der Waals surface area (Å²) >= 11 is 0. The van der Waals surface area contributed by atoms with Crippen LogP contribution in [0.5, 0.6) is 0 Å². The van der Waals surface area contributed by atoms with E-state index in [2.05, 4.69) is 9.47 Å². The van der Waals surface area contributed by atoms with E-state index in [0.717, 1.165) is 38.5 Å². The molecule has 0 bridgehead atoms. The molecular formula is C15H13F3O5. The second-order valence-corrected chi connectivity index (χ2v) is 5.11. The summed E-state index contributed by atoms with van der Waals surface area (Å²) < 4.78 is 46.9. The van der Waals surface area contributed by atoms with Crippen molar-refractivity contribution in [3.8, 4) is 0 Å². The molecule has 1 saturated carbocycles. The van der Waals surface area contributed by atoms with Gasteiger partial charge < -0.3 is 14.3 Å². The highest BCUT2D eigenvalue weighted by Gasteiger charge is 2.77. The summed E-state index contributed by atoms with van der Waals surface area (Å²) in [5.41, 5.74) is -2.46. The number of hydrogen-bond acceptors (Lipinski definition) is 5. The monoisotopic (exact) mass is 330 g/mol. The van der Waals surface area contributed by atoms with Crippen molar-refractivity contribution >= 4 is 18.2 Å². The highest BCUT2D eigenvalue weighted by atomic mass is 19.4. The molecule has 1 aliphatic carbocycles. The first-order chi connectivity index (χ1) is 10.7. The SMILES string of the molecule is COC(=O)C1(C(=O)OC)[C@H](C=O)[C@H]1c1ccc(C(F)(F)F)cc1. The van der Waals surface area contributed by atoms with Crippen LogP contribution in [0.1, 0.15) is 17.0 Å². The zero-order valence-corrected chi connectivity index (χ0v) is 12.2. The first-order valence-electron chi connectivity index (χ1n) is 6.54. The van der Waals surface area contributed by atoms with Crippen LogP contribution in [-0.2, 0) is 30.0 Å². The highest BCUT2D eigenvalue weighted by molar-refractivity contribution is 6.09. The number of halogens is 3. The van der Waals surface area contributed by atoms with Crippen LogP contribution in [0.4, 0.5) is 13.2 Å². The molecule has 0 saturated heterocycles. The Labute approximate surface area is 129 Å². The van der Waals surface area contributed by atoms with Gasteiger partial charge >= 0.3 is 18.1 Å². The highest BCUT2D eigenvalue weighted by Crippen LogP contribution is 2.65. The Hall–Kier alpha value is -2.38. The van der Waals surface area contributed by atoms with E-state index in [1.54, 1.807) is 0 Å². The Morgan fingerprint density at radius 3 is 1.91 bits per heavy atom. The van der Waals surface area contributed by atoms with Crippen LogP contribution in [0.3, 0.4) is 0 Å². The topological polar surface area (TPSA) is 69.7 Å². The Kier molecular flexibility index (Phi) is 4.19. The molecular weight excluding hydrogens is 317 g/mol. The smallest absolute Gasteiger partial charge is 0.416 e. The van der Waals surface area contributed by atoms with E-state index in [9.17, 15) is 27.6 Å². The predicted molar refractivity (Wildman–Crippen MR) is 70.2 cm³/mol. The molecule has 2 rings (SSSR count). The molecule has 0 aromatic heterocycles. The molecule has 2 atom stereocenters. The van der Waals surface area contributed by atoms with E-state index >= 15 is 0 Å². The molecule has 0 amide bonds. The first kappa shape index (κ1) is 17.0. The van der Waals surface area contributed by atoms with Gasteiger partial charge in [0.2, 0.25) is 0 Å². The lowest BCUT2D eigenvalue weighted by Gasteiger charge is -2.13. The largest absolute Gasteiger partial charge is 0.468 e. The average molecular weight is 330 g/mol. The fraction of sp³-hybridized carbons (Fsp3) is 0.400. The van der Waals surface area contributed by atoms with E-state index in [0.29, 0.717) is 6.29 Å². The van der Waals surface area contributed by atoms with Crippen molar-refractivity contribution in [2.75, 3.05) is 14.2 Å². The number of ether oxygens (including phenoxy) is 2. The zero-order chi connectivity index (χ0) is 17.4. The van der Waals surface area contributed by atoms with Crippen LogP contribution in [0.2, 0.25) is 0 Å². The van der Waals surface area contributed by atoms with Gasteiger partial charge in [0.25, 0.3) is 0 Å². The van der Waals surface area contributed by atoms with Gasteiger partial charge in [-0.15, -0.1) is 0 Å². The summed E-state index contributed by atoms with van der Waals surface area (Å²) in [6.45, 7) is 0. The van der Waals surface area contributed by atoms with Gasteiger partial charge in [-0.25, -0.2) is 0 Å². The lowest BCUT2D eigenvalue weighted by molar-refractivity contribution is -0.162. The Bertz CT molecular complexity index is 620. The third-order valence-electron chi connectivity index (χ3n) is 4.06. The average Bonchev–Trinajstić information content (AvgIpc) is 3.22. The molecule has 5 nitrogen and oxygen atoms in total. The van der Waals surface area contributed by atoms with Crippen LogP contribution in [0.25, 0.3) is 0 Å². The number of rotatable bonds is 4. The number of carbonyl (C=O) groups excluding carboxylic acids is 3. The summed E-state index contributed by atoms with van der Waals surface area (Å²) in [4.78, 5) is 35.3.